The summed E-state index contributed by atoms with van der Waals surface area (Å²) in [5.74, 6) is -0.953. The predicted octanol–water partition coefficient (Wildman–Crippen LogP) is 24.8. The van der Waals surface area contributed by atoms with Crippen LogP contribution < -0.4 is 0 Å². The number of allylic oxidation sites excluding steroid dienone is 16. The summed E-state index contributed by atoms with van der Waals surface area (Å²) in [6.45, 7) is 6.52. The Morgan fingerprint density at radius 2 is 0.482 bits per heavy atom. The number of hydrogen-bond acceptors (Lipinski definition) is 6. The maximum absolute atomic E-state index is 12.9. The minimum Gasteiger partial charge on any atom is -0.462 e. The Hall–Kier alpha value is -3.67. The first-order valence-electron chi connectivity index (χ1n) is 35.7. The monoisotopic (exact) mass is 1160 g/mol. The molecule has 1 unspecified atom stereocenters. The average Bonchev–Trinajstić information content (AvgIpc) is 3.49. The van der Waals surface area contributed by atoms with Crippen LogP contribution in [0.1, 0.15) is 355 Å². The molecular weight excluding hydrogens is 1020 g/mol. The zero-order valence-electron chi connectivity index (χ0n) is 54.9. The van der Waals surface area contributed by atoms with Gasteiger partial charge in [0.1, 0.15) is 13.2 Å². The van der Waals surface area contributed by atoms with Gasteiger partial charge in [-0.25, -0.2) is 0 Å². The average molecular weight is 1160 g/mol. The Kier molecular flexibility index (Phi) is 67.7. The highest BCUT2D eigenvalue weighted by Gasteiger charge is 2.19. The lowest BCUT2D eigenvalue weighted by Crippen LogP contribution is -2.30. The van der Waals surface area contributed by atoms with Gasteiger partial charge < -0.3 is 14.2 Å². The number of esters is 3. The summed E-state index contributed by atoms with van der Waals surface area (Å²) in [6, 6.07) is 0. The van der Waals surface area contributed by atoms with Crippen LogP contribution in [-0.2, 0) is 28.6 Å². The molecule has 0 aliphatic rings. The Labute approximate surface area is 515 Å². The minimum absolute atomic E-state index is 0.101. The van der Waals surface area contributed by atoms with E-state index in [-0.39, 0.29) is 37.5 Å². The van der Waals surface area contributed by atoms with Gasteiger partial charge in [-0.2, -0.15) is 0 Å². The van der Waals surface area contributed by atoms with Gasteiger partial charge in [0.25, 0.3) is 0 Å². The number of hydrogen-bond donors (Lipinski definition) is 0. The van der Waals surface area contributed by atoms with Crippen molar-refractivity contribution in [1.82, 2.24) is 0 Å². The molecule has 0 N–H and O–H groups in total. The smallest absolute Gasteiger partial charge is 0.306 e. The van der Waals surface area contributed by atoms with Crippen LogP contribution in [-0.4, -0.2) is 37.2 Å². The second-order valence-corrected chi connectivity index (χ2v) is 23.8. The quantitative estimate of drug-likeness (QED) is 0.0261. The van der Waals surface area contributed by atoms with Crippen molar-refractivity contribution in [2.45, 2.75) is 361 Å². The first-order chi connectivity index (χ1) is 41.0. The molecule has 0 rings (SSSR count). The molecule has 478 valence electrons. The lowest BCUT2D eigenvalue weighted by atomic mass is 10.0. The van der Waals surface area contributed by atoms with Crippen molar-refractivity contribution in [3.63, 3.8) is 0 Å². The first-order valence-corrected chi connectivity index (χ1v) is 35.7. The van der Waals surface area contributed by atoms with Crippen molar-refractivity contribution in [1.29, 1.82) is 0 Å². The molecule has 1 atom stereocenters. The molecule has 0 saturated heterocycles. The molecule has 0 radical (unpaired) electrons. The Morgan fingerprint density at radius 1 is 0.253 bits per heavy atom. The van der Waals surface area contributed by atoms with E-state index >= 15 is 0 Å². The minimum atomic E-state index is -0.813. The zero-order chi connectivity index (χ0) is 59.9. The fourth-order valence-corrected chi connectivity index (χ4v) is 10.3. The summed E-state index contributed by atoms with van der Waals surface area (Å²) in [7, 11) is 0. The molecule has 0 aliphatic carbocycles. The van der Waals surface area contributed by atoms with Gasteiger partial charge >= 0.3 is 17.9 Å². The van der Waals surface area contributed by atoms with E-state index in [0.29, 0.717) is 19.3 Å². The first kappa shape index (κ1) is 79.3. The maximum Gasteiger partial charge on any atom is 0.306 e. The second-order valence-electron chi connectivity index (χ2n) is 23.8. The summed E-state index contributed by atoms with van der Waals surface area (Å²) in [4.78, 5) is 38.4. The van der Waals surface area contributed by atoms with Gasteiger partial charge in [-0.15, -0.1) is 0 Å². The predicted molar refractivity (Wildman–Crippen MR) is 362 cm³/mol. The summed E-state index contributed by atoms with van der Waals surface area (Å²) in [5.41, 5.74) is 0. The van der Waals surface area contributed by atoms with E-state index in [0.717, 1.165) is 96.3 Å². The topological polar surface area (TPSA) is 78.9 Å². The third-order valence-electron chi connectivity index (χ3n) is 15.6. The highest BCUT2D eigenvalue weighted by molar-refractivity contribution is 5.71. The van der Waals surface area contributed by atoms with E-state index in [2.05, 4.69) is 118 Å². The number of unbranched alkanes of at least 4 members (excludes halogenated alkanes) is 38. The van der Waals surface area contributed by atoms with Gasteiger partial charge in [0.05, 0.1) is 0 Å². The van der Waals surface area contributed by atoms with E-state index in [1.54, 1.807) is 0 Å². The fraction of sp³-hybridized carbons (Fsp3) is 0.753. The van der Waals surface area contributed by atoms with Crippen molar-refractivity contribution in [2.24, 2.45) is 0 Å². The molecule has 0 aromatic heterocycles. The molecule has 0 aromatic carbocycles. The molecule has 0 amide bonds. The van der Waals surface area contributed by atoms with E-state index in [9.17, 15) is 14.4 Å². The zero-order valence-corrected chi connectivity index (χ0v) is 54.9. The van der Waals surface area contributed by atoms with Crippen LogP contribution in [0.2, 0.25) is 0 Å². The number of carbonyl (C=O) groups is 3. The van der Waals surface area contributed by atoms with Crippen LogP contribution in [0.4, 0.5) is 0 Å². The highest BCUT2D eigenvalue weighted by Crippen LogP contribution is 2.18. The Bertz CT molecular complexity index is 1610. The standard InChI is InChI=1S/C77H134O6/c1-4-7-10-13-16-19-22-25-28-30-32-34-36-37-38-39-41-42-44-46-49-52-55-58-61-64-67-70-76(79)82-73-74(72-81-75(78)69-66-63-60-57-54-51-48-27-24-21-18-15-12-9-6-3)83-77(80)71-68-65-62-59-56-53-50-47-45-43-40-35-33-31-29-26-23-20-17-14-11-8-5-2/h8,11,17,20,26-27,29,33,35,43,45,48,50,53,59,62,74H,4-7,9-10,12-16,18-19,21-25,28,30-32,34,36-42,44,46-47,49,51-52,54-58,60-61,63-73H2,1-3H3/b11-8-,20-17-,29-26-,35-33-,45-43-,48-27-,53-50-,62-59-. The van der Waals surface area contributed by atoms with Crippen molar-refractivity contribution in [3.05, 3.63) is 97.2 Å². The fourth-order valence-electron chi connectivity index (χ4n) is 10.3. The molecule has 0 aliphatic heterocycles. The normalized spacial score (nSPS) is 12.7. The Morgan fingerprint density at radius 3 is 0.783 bits per heavy atom. The van der Waals surface area contributed by atoms with Crippen LogP contribution in [0.5, 0.6) is 0 Å². The van der Waals surface area contributed by atoms with Crippen LogP contribution in [0.3, 0.4) is 0 Å². The third-order valence-corrected chi connectivity index (χ3v) is 15.6. The maximum atomic E-state index is 12.9. The summed E-state index contributed by atoms with van der Waals surface area (Å²) >= 11 is 0. The molecule has 0 heterocycles. The second kappa shape index (κ2) is 70.8. The highest BCUT2D eigenvalue weighted by atomic mass is 16.6. The summed E-state index contributed by atoms with van der Waals surface area (Å²) in [6.07, 6.45) is 95.9. The van der Waals surface area contributed by atoms with Gasteiger partial charge in [0.2, 0.25) is 0 Å². The molecule has 0 spiro atoms. The van der Waals surface area contributed by atoms with Gasteiger partial charge in [0.15, 0.2) is 6.10 Å². The lowest BCUT2D eigenvalue weighted by molar-refractivity contribution is -0.167. The largest absolute Gasteiger partial charge is 0.462 e. The van der Waals surface area contributed by atoms with E-state index in [4.69, 9.17) is 14.2 Å². The van der Waals surface area contributed by atoms with Crippen LogP contribution in [0.15, 0.2) is 97.2 Å². The van der Waals surface area contributed by atoms with Crippen molar-refractivity contribution >= 4 is 17.9 Å². The lowest BCUT2D eigenvalue weighted by Gasteiger charge is -2.18. The van der Waals surface area contributed by atoms with Crippen molar-refractivity contribution in [3.8, 4) is 0 Å². The van der Waals surface area contributed by atoms with Gasteiger partial charge in [-0.3, -0.25) is 14.4 Å². The number of ether oxygens (including phenoxy) is 3. The van der Waals surface area contributed by atoms with Crippen LogP contribution >= 0.6 is 0 Å². The van der Waals surface area contributed by atoms with Gasteiger partial charge in [-0.05, 0) is 96.3 Å². The summed E-state index contributed by atoms with van der Waals surface area (Å²) in [5, 5.41) is 0. The third kappa shape index (κ3) is 69.0. The molecule has 6 heteroatoms. The number of rotatable bonds is 65. The molecule has 0 aromatic rings. The SMILES string of the molecule is CC/C=C\C/C=C\C/C=C\C/C=C\C/C=C\C/C=C\C/C=C\CCCC(=O)OC(COC(=O)CCCCCCC/C=C\CCCCCCCC)COC(=O)CCCCCCCCCCCCCCCCCCCCCCCCCCCCC. The van der Waals surface area contributed by atoms with E-state index in [1.807, 2.05) is 0 Å². The molecule has 0 saturated carbocycles. The van der Waals surface area contributed by atoms with Crippen LogP contribution in [0, 0.1) is 0 Å². The molecule has 83 heavy (non-hydrogen) atoms. The molecular formula is C77H134O6. The van der Waals surface area contributed by atoms with Crippen molar-refractivity contribution < 1.29 is 28.6 Å². The number of carbonyl (C=O) groups excluding carboxylic acids is 3. The molecule has 6 nitrogen and oxygen atoms in total. The van der Waals surface area contributed by atoms with E-state index in [1.165, 1.54) is 212 Å². The molecule has 0 bridgehead atoms. The summed E-state index contributed by atoms with van der Waals surface area (Å²) < 4.78 is 16.9. The van der Waals surface area contributed by atoms with Gasteiger partial charge in [-0.1, -0.05) is 336 Å². The van der Waals surface area contributed by atoms with Gasteiger partial charge in [0, 0.05) is 19.3 Å². The Balaban J connectivity index is 4.37. The van der Waals surface area contributed by atoms with E-state index < -0.39 is 6.10 Å². The van der Waals surface area contributed by atoms with Crippen molar-refractivity contribution in [2.75, 3.05) is 13.2 Å². The van der Waals surface area contributed by atoms with Crippen LogP contribution in [0.25, 0.3) is 0 Å². The molecule has 0 fully saturated rings.